The number of hydrogen-bond acceptors (Lipinski definition) is 7. The Labute approximate surface area is 236 Å². The Morgan fingerprint density at radius 1 is 0.775 bits per heavy atom. The zero-order chi connectivity index (χ0) is 28.1. The van der Waals surface area contributed by atoms with Crippen molar-refractivity contribution in [1.29, 1.82) is 0 Å². The standard InChI is InChI=1S/C13H17F2NO2.C7H9N.C6H8F2O3.3CH4/c1-2-18-12(17)8-11(13(14)15)16-9-10-6-4-3-5-7-10;8-6-7-4-2-1-3-5-7;1-2-11-5(10)3-4(9)6(7)8;;;/h3-7,11,13,16H,2,8-9H2,1H3;1-5H,6,8H2;6H,2-3H2,1H3;3*1H4. The molecule has 2 aromatic rings. The van der Waals surface area contributed by atoms with E-state index in [9.17, 15) is 31.9 Å². The lowest BCUT2D eigenvalue weighted by Gasteiger charge is -2.17. The Hall–Kier alpha value is -3.31. The van der Waals surface area contributed by atoms with Crippen LogP contribution in [0, 0.1) is 0 Å². The Balaban J connectivity index is -0.000000254. The molecular weight excluding hydrogens is 532 g/mol. The van der Waals surface area contributed by atoms with E-state index in [-0.39, 0.29) is 41.9 Å². The van der Waals surface area contributed by atoms with Gasteiger partial charge in [0.2, 0.25) is 5.78 Å². The molecule has 0 radical (unpaired) electrons. The monoisotopic (exact) mass is 578 g/mol. The second kappa shape index (κ2) is 27.3. The van der Waals surface area contributed by atoms with Crippen LogP contribution in [0.2, 0.25) is 0 Å². The molecule has 2 rings (SSSR count). The van der Waals surface area contributed by atoms with Crippen LogP contribution in [0.1, 0.15) is 60.1 Å². The quantitative estimate of drug-likeness (QED) is 0.176. The average molecular weight is 579 g/mol. The van der Waals surface area contributed by atoms with Crippen molar-refractivity contribution in [3.8, 4) is 0 Å². The number of benzene rings is 2. The molecule has 0 aromatic heterocycles. The Kier molecular flexibility index (Phi) is 29.8. The summed E-state index contributed by atoms with van der Waals surface area (Å²) in [5, 5.41) is 2.67. The fraction of sp³-hybridized carbons (Fsp3) is 0.483. The highest BCUT2D eigenvalue weighted by Gasteiger charge is 2.23. The molecule has 0 spiro atoms. The van der Waals surface area contributed by atoms with Crippen LogP contribution in [0.15, 0.2) is 60.7 Å². The second-order valence-corrected chi connectivity index (χ2v) is 7.26. The summed E-state index contributed by atoms with van der Waals surface area (Å²) in [5.41, 5.74) is 7.43. The lowest BCUT2D eigenvalue weighted by atomic mass is 10.2. The molecule has 2 aromatic carbocycles. The maximum Gasteiger partial charge on any atom is 0.313 e. The lowest BCUT2D eigenvalue weighted by molar-refractivity contribution is -0.148. The van der Waals surface area contributed by atoms with Gasteiger partial charge < -0.3 is 20.5 Å². The van der Waals surface area contributed by atoms with Crippen molar-refractivity contribution in [2.24, 2.45) is 5.73 Å². The first-order valence-electron chi connectivity index (χ1n) is 11.6. The molecule has 1 atom stereocenters. The number of carbonyl (C=O) groups is 3. The molecule has 0 aliphatic rings. The van der Waals surface area contributed by atoms with E-state index in [4.69, 9.17) is 5.73 Å². The van der Waals surface area contributed by atoms with Gasteiger partial charge in [-0.1, -0.05) is 82.9 Å². The molecule has 0 fully saturated rings. The molecule has 0 amide bonds. The van der Waals surface area contributed by atoms with Gasteiger partial charge in [-0.3, -0.25) is 14.4 Å². The van der Waals surface area contributed by atoms with Gasteiger partial charge in [0, 0.05) is 13.1 Å². The van der Waals surface area contributed by atoms with Gasteiger partial charge in [-0.15, -0.1) is 0 Å². The van der Waals surface area contributed by atoms with Gasteiger partial charge in [-0.05, 0) is 25.0 Å². The molecular formula is C29H46F4N2O5. The number of hydrogen-bond donors (Lipinski definition) is 2. The van der Waals surface area contributed by atoms with Crippen LogP contribution in [0.25, 0.3) is 0 Å². The summed E-state index contributed by atoms with van der Waals surface area (Å²) in [6.45, 7) is 4.41. The summed E-state index contributed by atoms with van der Waals surface area (Å²) < 4.78 is 57.3. The first-order valence-corrected chi connectivity index (χ1v) is 11.6. The maximum atomic E-state index is 12.7. The van der Waals surface area contributed by atoms with Crippen molar-refractivity contribution in [2.75, 3.05) is 13.2 Å². The van der Waals surface area contributed by atoms with E-state index in [1.807, 2.05) is 60.7 Å². The predicted molar refractivity (Wildman–Crippen MR) is 151 cm³/mol. The number of ether oxygens (including phenoxy) is 2. The van der Waals surface area contributed by atoms with Crippen LogP contribution in [0.5, 0.6) is 0 Å². The minimum absolute atomic E-state index is 0. The van der Waals surface area contributed by atoms with Crippen molar-refractivity contribution < 1.29 is 41.4 Å². The van der Waals surface area contributed by atoms with Crippen LogP contribution < -0.4 is 11.1 Å². The number of carbonyl (C=O) groups excluding carboxylic acids is 3. The van der Waals surface area contributed by atoms with Gasteiger partial charge in [0.25, 0.3) is 12.9 Å². The molecule has 7 nitrogen and oxygen atoms in total. The largest absolute Gasteiger partial charge is 0.466 e. The van der Waals surface area contributed by atoms with Gasteiger partial charge in [-0.2, -0.15) is 0 Å². The number of halogens is 4. The fourth-order valence-electron chi connectivity index (χ4n) is 2.54. The predicted octanol–water partition coefficient (Wildman–Crippen LogP) is 6.19. The van der Waals surface area contributed by atoms with Crippen molar-refractivity contribution >= 4 is 17.7 Å². The summed E-state index contributed by atoms with van der Waals surface area (Å²) in [5.74, 6) is -2.91. The van der Waals surface area contributed by atoms with E-state index >= 15 is 0 Å². The number of rotatable bonds is 12. The van der Waals surface area contributed by atoms with Crippen molar-refractivity contribution in [2.45, 2.75) is 81.0 Å². The number of Topliss-reactive ketones (excluding diaryl/α,β-unsaturated/α-hetero) is 1. The van der Waals surface area contributed by atoms with E-state index in [1.54, 1.807) is 6.92 Å². The van der Waals surface area contributed by atoms with E-state index in [0.29, 0.717) is 13.1 Å². The molecule has 1 unspecified atom stereocenters. The summed E-state index contributed by atoms with van der Waals surface area (Å²) in [7, 11) is 0. The Morgan fingerprint density at radius 3 is 1.60 bits per heavy atom. The molecule has 0 saturated heterocycles. The fourth-order valence-corrected chi connectivity index (χ4v) is 2.54. The van der Waals surface area contributed by atoms with Gasteiger partial charge in [0.05, 0.1) is 25.7 Å². The van der Waals surface area contributed by atoms with Crippen LogP contribution in [-0.4, -0.2) is 49.8 Å². The summed E-state index contributed by atoms with van der Waals surface area (Å²) in [6.07, 6.45) is -6.85. The highest BCUT2D eigenvalue weighted by Crippen LogP contribution is 2.08. The zero-order valence-corrected chi connectivity index (χ0v) is 20.9. The number of ketones is 1. The first kappa shape index (κ1) is 43.7. The normalized spacial score (nSPS) is 10.1. The van der Waals surface area contributed by atoms with E-state index in [1.165, 1.54) is 12.5 Å². The third-order valence-electron chi connectivity index (χ3n) is 4.35. The highest BCUT2D eigenvalue weighted by atomic mass is 19.3. The molecule has 0 bridgehead atoms. The van der Waals surface area contributed by atoms with Crippen molar-refractivity contribution in [1.82, 2.24) is 5.32 Å². The molecule has 0 heterocycles. The first-order chi connectivity index (χ1) is 17.6. The van der Waals surface area contributed by atoms with Crippen LogP contribution in [0.3, 0.4) is 0 Å². The number of alkyl halides is 4. The summed E-state index contributed by atoms with van der Waals surface area (Å²) in [4.78, 5) is 31.7. The molecule has 3 N–H and O–H groups in total. The van der Waals surface area contributed by atoms with E-state index in [2.05, 4.69) is 14.8 Å². The highest BCUT2D eigenvalue weighted by molar-refractivity contribution is 5.97. The average Bonchev–Trinajstić information content (AvgIpc) is 2.88. The third kappa shape index (κ3) is 22.7. The summed E-state index contributed by atoms with van der Waals surface area (Å²) >= 11 is 0. The van der Waals surface area contributed by atoms with E-state index < -0.39 is 43.0 Å². The van der Waals surface area contributed by atoms with Gasteiger partial charge >= 0.3 is 11.9 Å². The van der Waals surface area contributed by atoms with Gasteiger partial charge in [0.15, 0.2) is 0 Å². The molecule has 40 heavy (non-hydrogen) atoms. The van der Waals surface area contributed by atoms with E-state index in [0.717, 1.165) is 5.56 Å². The number of nitrogens with one attached hydrogen (secondary N) is 1. The minimum atomic E-state index is -3.08. The van der Waals surface area contributed by atoms with Crippen LogP contribution in [-0.2, 0) is 36.9 Å². The van der Waals surface area contributed by atoms with Crippen molar-refractivity contribution in [3.05, 3.63) is 71.8 Å². The zero-order valence-electron chi connectivity index (χ0n) is 20.9. The Bertz CT molecular complexity index is 889. The van der Waals surface area contributed by atoms with Crippen LogP contribution >= 0.6 is 0 Å². The molecule has 0 aliphatic heterocycles. The van der Waals surface area contributed by atoms with Gasteiger partial charge in [0.1, 0.15) is 6.42 Å². The molecule has 230 valence electrons. The SMILES string of the molecule is C.C.C.CCOC(=O)CC(=O)C(F)F.CCOC(=O)CC(NCc1ccccc1)C(F)F.NCc1ccccc1. The molecule has 11 heteroatoms. The molecule has 0 aliphatic carbocycles. The van der Waals surface area contributed by atoms with Crippen LogP contribution in [0.4, 0.5) is 17.6 Å². The lowest BCUT2D eigenvalue weighted by Crippen LogP contribution is -2.37. The topological polar surface area (TPSA) is 108 Å². The second-order valence-electron chi connectivity index (χ2n) is 7.26. The van der Waals surface area contributed by atoms with Gasteiger partial charge in [-0.25, -0.2) is 17.6 Å². The number of esters is 2. The van der Waals surface area contributed by atoms with Crippen molar-refractivity contribution in [3.63, 3.8) is 0 Å². The summed E-state index contributed by atoms with van der Waals surface area (Å²) in [6, 6.07) is 18.0. The smallest absolute Gasteiger partial charge is 0.313 e. The third-order valence-corrected chi connectivity index (χ3v) is 4.35. The maximum absolute atomic E-state index is 12.7. The number of nitrogens with two attached hydrogens (primary N) is 1. The molecule has 0 saturated carbocycles. The Morgan fingerprint density at radius 2 is 1.23 bits per heavy atom. The minimum Gasteiger partial charge on any atom is -0.466 e.